The van der Waals surface area contributed by atoms with Crippen LogP contribution in [-0.2, 0) is 13.0 Å². The lowest BCUT2D eigenvalue weighted by molar-refractivity contribution is 0.0733. The highest BCUT2D eigenvalue weighted by Gasteiger charge is 2.31. The number of amides is 1. The maximum atomic E-state index is 13.1. The minimum absolute atomic E-state index is 0.0403. The summed E-state index contributed by atoms with van der Waals surface area (Å²) in [7, 11) is 0. The van der Waals surface area contributed by atoms with Gasteiger partial charge in [0.15, 0.2) is 0 Å². The van der Waals surface area contributed by atoms with Crippen LogP contribution < -0.4 is 0 Å². The molecule has 0 bridgehead atoms. The third kappa shape index (κ3) is 3.48. The van der Waals surface area contributed by atoms with Gasteiger partial charge in [-0.25, -0.2) is 9.97 Å². The molecule has 2 heterocycles. The highest BCUT2D eigenvalue weighted by molar-refractivity contribution is 5.94. The predicted octanol–water partition coefficient (Wildman–Crippen LogP) is 4.23. The molecule has 1 aromatic heterocycles. The van der Waals surface area contributed by atoms with Crippen LogP contribution in [0.15, 0.2) is 48.5 Å². The van der Waals surface area contributed by atoms with Gasteiger partial charge in [0, 0.05) is 42.1 Å². The highest BCUT2D eigenvalue weighted by atomic mass is 16.3. The number of phenols is 1. The monoisotopic (exact) mass is 385 g/mol. The molecule has 1 amide bonds. The lowest BCUT2D eigenvalue weighted by atomic mass is 9.98. The van der Waals surface area contributed by atoms with Gasteiger partial charge in [-0.2, -0.15) is 0 Å². The Labute approximate surface area is 170 Å². The van der Waals surface area contributed by atoms with E-state index < -0.39 is 0 Å². The fourth-order valence-electron chi connectivity index (χ4n) is 3.87. The topological polar surface area (TPSA) is 66.3 Å². The van der Waals surface area contributed by atoms with Crippen LogP contribution in [0.2, 0.25) is 0 Å². The second kappa shape index (κ2) is 6.99. The van der Waals surface area contributed by atoms with Crippen molar-refractivity contribution >= 4 is 5.91 Å². The smallest absolute Gasteiger partial charge is 0.254 e. The molecule has 2 aromatic carbocycles. The number of nitrogens with zero attached hydrogens (tertiary/aromatic N) is 3. The molecule has 1 aliphatic heterocycles. The van der Waals surface area contributed by atoms with Gasteiger partial charge in [0.05, 0.1) is 11.4 Å². The van der Waals surface area contributed by atoms with E-state index in [9.17, 15) is 9.90 Å². The van der Waals surface area contributed by atoms with Crippen LogP contribution in [0.3, 0.4) is 0 Å². The summed E-state index contributed by atoms with van der Waals surface area (Å²) in [4.78, 5) is 24.7. The van der Waals surface area contributed by atoms with Gasteiger partial charge in [0.25, 0.3) is 5.91 Å². The Bertz CT molecular complexity index is 1070. The summed E-state index contributed by atoms with van der Waals surface area (Å²) in [6.45, 7) is 3.18. The quantitative estimate of drug-likeness (QED) is 0.733. The van der Waals surface area contributed by atoms with Gasteiger partial charge in [-0.3, -0.25) is 4.79 Å². The zero-order chi connectivity index (χ0) is 20.0. The normalized spacial score (nSPS) is 15.8. The number of rotatable bonds is 3. The Hall–Kier alpha value is -3.21. The van der Waals surface area contributed by atoms with Crippen LogP contribution in [0.25, 0.3) is 11.3 Å². The summed E-state index contributed by atoms with van der Waals surface area (Å²) in [5.74, 6) is 1.65. The van der Waals surface area contributed by atoms with Crippen molar-refractivity contribution in [3.63, 3.8) is 0 Å². The Morgan fingerprint density at radius 3 is 2.45 bits per heavy atom. The zero-order valence-electron chi connectivity index (χ0n) is 16.4. The van der Waals surface area contributed by atoms with Crippen LogP contribution in [0, 0.1) is 6.92 Å². The molecule has 3 aromatic rings. The first-order chi connectivity index (χ1) is 14.1. The molecule has 5 nitrogen and oxygen atoms in total. The number of hydrogen-bond acceptors (Lipinski definition) is 4. The highest BCUT2D eigenvalue weighted by Crippen LogP contribution is 2.40. The first-order valence-corrected chi connectivity index (χ1v) is 10.1. The molecule has 5 rings (SSSR count). The standard InChI is InChI=1S/C24H23N3O2/c1-15-2-4-18(5-3-15)24(29)27-13-12-21-20(14-27)22(16-8-10-19(28)11-9-16)26-23(25-21)17-6-7-17/h2-5,8-11,17,28H,6-7,12-14H2,1H3. The summed E-state index contributed by atoms with van der Waals surface area (Å²) >= 11 is 0. The van der Waals surface area contributed by atoms with E-state index in [1.807, 2.05) is 48.2 Å². The number of aromatic nitrogens is 2. The predicted molar refractivity (Wildman–Crippen MR) is 111 cm³/mol. The number of carbonyl (C=O) groups excluding carboxylic acids is 1. The van der Waals surface area contributed by atoms with E-state index in [1.165, 1.54) is 0 Å². The molecule has 0 unspecified atom stereocenters. The molecule has 1 fully saturated rings. The van der Waals surface area contributed by atoms with Crippen molar-refractivity contribution in [2.45, 2.75) is 38.6 Å². The average molecular weight is 385 g/mol. The van der Waals surface area contributed by atoms with E-state index in [2.05, 4.69) is 0 Å². The van der Waals surface area contributed by atoms with E-state index >= 15 is 0 Å². The summed E-state index contributed by atoms with van der Waals surface area (Å²) in [6, 6.07) is 14.8. The van der Waals surface area contributed by atoms with Crippen molar-refractivity contribution in [1.29, 1.82) is 0 Å². The number of hydrogen-bond donors (Lipinski definition) is 1. The second-order valence-corrected chi connectivity index (χ2v) is 8.02. The van der Waals surface area contributed by atoms with Gasteiger partial charge >= 0.3 is 0 Å². The Morgan fingerprint density at radius 1 is 1.03 bits per heavy atom. The summed E-state index contributed by atoms with van der Waals surface area (Å²) in [5, 5.41) is 9.67. The third-order valence-electron chi connectivity index (χ3n) is 5.75. The van der Waals surface area contributed by atoms with E-state index in [4.69, 9.17) is 9.97 Å². The molecular formula is C24H23N3O2. The number of benzene rings is 2. The van der Waals surface area contributed by atoms with Crippen molar-refractivity contribution in [2.24, 2.45) is 0 Å². The second-order valence-electron chi connectivity index (χ2n) is 8.02. The number of phenolic OH excluding ortho intramolecular Hbond substituents is 1. The van der Waals surface area contributed by atoms with Gasteiger partial charge in [0.2, 0.25) is 0 Å². The van der Waals surface area contributed by atoms with Crippen LogP contribution >= 0.6 is 0 Å². The van der Waals surface area contributed by atoms with Crippen molar-refractivity contribution in [3.05, 3.63) is 76.7 Å². The van der Waals surface area contributed by atoms with Crippen molar-refractivity contribution < 1.29 is 9.90 Å². The Balaban J connectivity index is 1.52. The van der Waals surface area contributed by atoms with Crippen LogP contribution in [-0.4, -0.2) is 32.4 Å². The summed E-state index contributed by atoms with van der Waals surface area (Å²) in [6.07, 6.45) is 3.03. The van der Waals surface area contributed by atoms with Gasteiger partial charge in [0.1, 0.15) is 11.6 Å². The summed E-state index contributed by atoms with van der Waals surface area (Å²) in [5.41, 5.74) is 5.76. The molecule has 146 valence electrons. The lowest BCUT2D eigenvalue weighted by Crippen LogP contribution is -2.37. The van der Waals surface area contributed by atoms with E-state index in [0.29, 0.717) is 24.6 Å². The Morgan fingerprint density at radius 2 is 1.76 bits per heavy atom. The van der Waals surface area contributed by atoms with E-state index in [0.717, 1.165) is 53.2 Å². The number of carbonyl (C=O) groups is 1. The fraction of sp³-hybridized carbons (Fsp3) is 0.292. The van der Waals surface area contributed by atoms with E-state index in [-0.39, 0.29) is 11.7 Å². The summed E-state index contributed by atoms with van der Waals surface area (Å²) < 4.78 is 0. The van der Waals surface area contributed by atoms with E-state index in [1.54, 1.807) is 12.1 Å². The van der Waals surface area contributed by atoms with Gasteiger partial charge in [-0.15, -0.1) is 0 Å². The molecule has 0 saturated heterocycles. The molecule has 0 spiro atoms. The number of aryl methyl sites for hydroxylation is 1. The first-order valence-electron chi connectivity index (χ1n) is 10.1. The van der Waals surface area contributed by atoms with Gasteiger partial charge in [-0.05, 0) is 56.2 Å². The molecule has 29 heavy (non-hydrogen) atoms. The Kier molecular flexibility index (Phi) is 4.31. The molecular weight excluding hydrogens is 362 g/mol. The van der Waals surface area contributed by atoms with Crippen molar-refractivity contribution in [1.82, 2.24) is 14.9 Å². The van der Waals surface area contributed by atoms with Crippen LogP contribution in [0.4, 0.5) is 0 Å². The largest absolute Gasteiger partial charge is 0.508 e. The lowest BCUT2D eigenvalue weighted by Gasteiger charge is -2.30. The minimum atomic E-state index is 0.0403. The molecule has 0 radical (unpaired) electrons. The molecule has 5 heteroatoms. The fourth-order valence-corrected chi connectivity index (χ4v) is 3.87. The third-order valence-corrected chi connectivity index (χ3v) is 5.75. The minimum Gasteiger partial charge on any atom is -0.508 e. The zero-order valence-corrected chi connectivity index (χ0v) is 16.4. The first kappa shape index (κ1) is 17.9. The SMILES string of the molecule is Cc1ccc(C(=O)N2CCc3nc(C4CC4)nc(-c4ccc(O)cc4)c3C2)cc1. The van der Waals surface area contributed by atoms with Crippen molar-refractivity contribution in [2.75, 3.05) is 6.54 Å². The van der Waals surface area contributed by atoms with Crippen LogP contribution in [0.1, 0.15) is 51.8 Å². The van der Waals surface area contributed by atoms with Crippen molar-refractivity contribution in [3.8, 4) is 17.0 Å². The van der Waals surface area contributed by atoms with Gasteiger partial charge < -0.3 is 10.0 Å². The number of fused-ring (bicyclic) bond motifs is 1. The average Bonchev–Trinajstić information content (AvgIpc) is 3.59. The molecule has 1 saturated carbocycles. The van der Waals surface area contributed by atoms with Gasteiger partial charge in [-0.1, -0.05) is 17.7 Å². The molecule has 1 aliphatic carbocycles. The maximum absolute atomic E-state index is 13.1. The van der Waals surface area contributed by atoms with Crippen LogP contribution in [0.5, 0.6) is 5.75 Å². The maximum Gasteiger partial charge on any atom is 0.254 e. The molecule has 1 N–H and O–H groups in total. The number of aromatic hydroxyl groups is 1. The molecule has 2 aliphatic rings. The molecule has 0 atom stereocenters.